The smallest absolute Gasteiger partial charge is 0.414 e. The van der Waals surface area contributed by atoms with E-state index in [0.717, 1.165) is 4.31 Å². The lowest BCUT2D eigenvalue weighted by Gasteiger charge is -2.24. The molecule has 0 spiro atoms. The first-order chi connectivity index (χ1) is 20.3. The van der Waals surface area contributed by atoms with Crippen LogP contribution in [0.3, 0.4) is 0 Å². The number of aromatic nitrogens is 3. The van der Waals surface area contributed by atoms with Crippen molar-refractivity contribution in [2.45, 2.75) is 17.4 Å². The van der Waals surface area contributed by atoms with Gasteiger partial charge >= 0.3 is 18.1 Å². The number of benzene rings is 2. The number of carbonyl (C=O) groups excluding carboxylic acids is 3. The van der Waals surface area contributed by atoms with Crippen molar-refractivity contribution in [1.29, 1.82) is 0 Å². The second kappa shape index (κ2) is 12.7. The van der Waals surface area contributed by atoms with Crippen LogP contribution in [0.15, 0.2) is 53.4 Å². The van der Waals surface area contributed by atoms with Crippen LogP contribution in [0.1, 0.15) is 5.56 Å². The molecule has 0 radical (unpaired) electrons. The Balaban J connectivity index is 1.44. The highest BCUT2D eigenvalue weighted by atomic mass is 32.2. The van der Waals surface area contributed by atoms with Gasteiger partial charge < -0.3 is 30.5 Å². The number of carboxylic acids is 1. The Morgan fingerprint density at radius 1 is 1.00 bits per heavy atom. The van der Waals surface area contributed by atoms with E-state index in [4.69, 9.17) is 4.74 Å². The monoisotopic (exact) mass is 614 g/mol. The van der Waals surface area contributed by atoms with Crippen molar-refractivity contribution in [3.8, 4) is 11.8 Å². The van der Waals surface area contributed by atoms with Crippen LogP contribution in [0.25, 0.3) is 0 Å². The highest BCUT2D eigenvalue weighted by Gasteiger charge is 2.32. The van der Waals surface area contributed by atoms with Gasteiger partial charge in [-0.05, 0) is 42.0 Å². The first kappa shape index (κ1) is 30.6. The van der Waals surface area contributed by atoms with Crippen LogP contribution in [0.2, 0.25) is 0 Å². The number of aliphatic carboxylic acids is 1. The van der Waals surface area contributed by atoms with E-state index >= 15 is 0 Å². The zero-order chi connectivity index (χ0) is 31.3. The van der Waals surface area contributed by atoms with Gasteiger partial charge in [-0.2, -0.15) is 19.3 Å². The summed E-state index contributed by atoms with van der Waals surface area (Å²) < 4.78 is 31.6. The van der Waals surface area contributed by atoms with E-state index in [2.05, 4.69) is 25.6 Å². The Morgan fingerprint density at radius 2 is 1.60 bits per heavy atom. The summed E-state index contributed by atoms with van der Waals surface area (Å²) in [6, 6.07) is 9.49. The molecule has 226 valence electrons. The minimum absolute atomic E-state index is 0.0212. The van der Waals surface area contributed by atoms with Crippen molar-refractivity contribution in [3.63, 3.8) is 0 Å². The van der Waals surface area contributed by atoms with Gasteiger partial charge in [-0.15, -0.1) is 0 Å². The van der Waals surface area contributed by atoms with Crippen LogP contribution >= 0.6 is 0 Å². The number of carbonyl (C=O) groups is 4. The average Bonchev–Trinajstić information content (AvgIpc) is 2.93. The summed E-state index contributed by atoms with van der Waals surface area (Å²) in [5, 5.41) is 27.2. The van der Waals surface area contributed by atoms with Crippen LogP contribution in [-0.2, 0) is 30.8 Å². The molecule has 1 aliphatic heterocycles. The highest BCUT2D eigenvalue weighted by Crippen LogP contribution is 2.22. The number of ether oxygens (including phenoxy) is 1. The molecule has 2 heterocycles. The largest absolute Gasteiger partial charge is 0.480 e. The lowest BCUT2D eigenvalue weighted by atomic mass is 10.1. The van der Waals surface area contributed by atoms with Crippen molar-refractivity contribution < 1.29 is 42.5 Å². The zero-order valence-corrected chi connectivity index (χ0v) is 23.5. The molecule has 1 aromatic heterocycles. The number of anilines is 3. The second-order valence-corrected chi connectivity index (χ2v) is 11.3. The van der Waals surface area contributed by atoms with E-state index in [-0.39, 0.29) is 29.0 Å². The number of piperazine rings is 1. The molecule has 18 heteroatoms. The number of sulfonamides is 1. The van der Waals surface area contributed by atoms with Gasteiger partial charge in [-0.25, -0.2) is 18.0 Å². The van der Waals surface area contributed by atoms with E-state index in [0.29, 0.717) is 11.3 Å². The minimum atomic E-state index is -4.14. The first-order valence-electron chi connectivity index (χ1n) is 12.4. The molecule has 1 aliphatic rings. The van der Waals surface area contributed by atoms with Gasteiger partial charge in [0.2, 0.25) is 33.7 Å². The van der Waals surface area contributed by atoms with Gasteiger partial charge in [0.15, 0.2) is 0 Å². The SMILES string of the molecule is CN(C)C(=O)Oc1ccc(C[C@H](Nc2nc(O)nc(Nc3ccc(S(=O)(=O)N4CC(=O)NC(=O)C4)cc3)n2)C(=O)O)cc1. The Labute approximate surface area is 244 Å². The summed E-state index contributed by atoms with van der Waals surface area (Å²) in [4.78, 5) is 59.5. The van der Waals surface area contributed by atoms with Crippen LogP contribution in [-0.4, -0.2) is 99.9 Å². The van der Waals surface area contributed by atoms with Gasteiger partial charge in [0, 0.05) is 26.2 Å². The number of nitrogens with zero attached hydrogens (tertiary/aromatic N) is 5. The summed E-state index contributed by atoms with van der Waals surface area (Å²) in [6.45, 7) is -0.994. The number of hydrogen-bond acceptors (Lipinski definition) is 13. The fourth-order valence-electron chi connectivity index (χ4n) is 3.73. The maximum atomic E-state index is 12.8. The summed E-state index contributed by atoms with van der Waals surface area (Å²) >= 11 is 0. The Hall–Kier alpha value is -5.36. The molecular weight excluding hydrogens is 588 g/mol. The molecular formula is C25H26N8O9S. The number of hydrogen-bond donors (Lipinski definition) is 5. The molecule has 0 bridgehead atoms. The predicted molar refractivity (Wildman–Crippen MR) is 148 cm³/mol. The molecule has 0 unspecified atom stereocenters. The number of imide groups is 1. The molecule has 1 saturated heterocycles. The molecule has 17 nitrogen and oxygen atoms in total. The lowest BCUT2D eigenvalue weighted by molar-refractivity contribution is -0.138. The number of aromatic hydroxyl groups is 1. The number of rotatable bonds is 10. The predicted octanol–water partition coefficient (Wildman–Crippen LogP) is 0.136. The number of amides is 3. The molecule has 3 amide bonds. The van der Waals surface area contributed by atoms with E-state index in [1.54, 1.807) is 12.1 Å². The maximum Gasteiger partial charge on any atom is 0.414 e. The Morgan fingerprint density at radius 3 is 2.19 bits per heavy atom. The Kier molecular flexibility index (Phi) is 9.01. The van der Waals surface area contributed by atoms with Crippen LogP contribution < -0.4 is 20.7 Å². The average molecular weight is 615 g/mol. The minimum Gasteiger partial charge on any atom is -0.480 e. The third-order valence-electron chi connectivity index (χ3n) is 5.83. The second-order valence-electron chi connectivity index (χ2n) is 9.32. The molecule has 4 rings (SSSR count). The number of carboxylic acid groups (broad SMARTS) is 1. The fraction of sp³-hybridized carbons (Fsp3) is 0.240. The molecule has 43 heavy (non-hydrogen) atoms. The van der Waals surface area contributed by atoms with E-state index < -0.39 is 59.0 Å². The maximum absolute atomic E-state index is 12.8. The standard InChI is InChI=1S/C25H26N8O9S/c1-32(2)25(39)42-16-7-3-14(4-8-16)11-18(21(36)37)27-23-29-22(30-24(38)31-23)26-15-5-9-17(10-6-15)43(40,41)33-12-19(34)28-20(35)13-33/h3-10,18H,11-13H2,1-2H3,(H,36,37)(H,28,34,35)(H3,26,27,29,30,31,38)/t18-/m0/s1. The lowest BCUT2D eigenvalue weighted by Crippen LogP contribution is -2.53. The summed E-state index contributed by atoms with van der Waals surface area (Å²) in [7, 11) is -1.07. The summed E-state index contributed by atoms with van der Waals surface area (Å²) in [5.41, 5.74) is 0.888. The van der Waals surface area contributed by atoms with Gasteiger partial charge in [0.05, 0.1) is 18.0 Å². The topological polar surface area (TPSA) is 233 Å². The van der Waals surface area contributed by atoms with Crippen LogP contribution in [0.4, 0.5) is 22.4 Å². The molecule has 5 N–H and O–H groups in total. The third kappa shape index (κ3) is 7.89. The molecule has 2 aromatic carbocycles. The summed E-state index contributed by atoms with van der Waals surface area (Å²) in [6.07, 6.45) is -0.587. The van der Waals surface area contributed by atoms with E-state index in [1.165, 1.54) is 55.4 Å². The number of nitrogens with one attached hydrogen (secondary N) is 3. The van der Waals surface area contributed by atoms with E-state index in [9.17, 15) is 37.8 Å². The molecule has 0 aliphatic carbocycles. The summed E-state index contributed by atoms with van der Waals surface area (Å²) in [5.74, 6) is -2.86. The van der Waals surface area contributed by atoms with Gasteiger partial charge in [-0.3, -0.25) is 14.9 Å². The van der Waals surface area contributed by atoms with Crippen molar-refractivity contribution in [3.05, 3.63) is 54.1 Å². The Bertz CT molecular complexity index is 1630. The van der Waals surface area contributed by atoms with Crippen molar-refractivity contribution >= 4 is 51.5 Å². The van der Waals surface area contributed by atoms with Crippen LogP contribution in [0.5, 0.6) is 11.8 Å². The third-order valence-corrected chi connectivity index (χ3v) is 7.63. The van der Waals surface area contributed by atoms with Crippen molar-refractivity contribution in [2.24, 2.45) is 0 Å². The zero-order valence-electron chi connectivity index (χ0n) is 22.7. The van der Waals surface area contributed by atoms with Gasteiger partial charge in [0.25, 0.3) is 0 Å². The first-order valence-corrected chi connectivity index (χ1v) is 13.9. The fourth-order valence-corrected chi connectivity index (χ4v) is 5.08. The quantitative estimate of drug-likeness (QED) is 0.191. The van der Waals surface area contributed by atoms with Gasteiger partial charge in [-0.1, -0.05) is 12.1 Å². The highest BCUT2D eigenvalue weighted by molar-refractivity contribution is 7.89. The van der Waals surface area contributed by atoms with Crippen molar-refractivity contribution in [1.82, 2.24) is 29.5 Å². The van der Waals surface area contributed by atoms with E-state index in [1.807, 2.05) is 5.32 Å². The molecule has 3 aromatic rings. The van der Waals surface area contributed by atoms with Crippen LogP contribution in [0, 0.1) is 0 Å². The van der Waals surface area contributed by atoms with Gasteiger partial charge in [0.1, 0.15) is 11.8 Å². The molecule has 1 fully saturated rings. The molecule has 1 atom stereocenters. The van der Waals surface area contributed by atoms with Crippen molar-refractivity contribution in [2.75, 3.05) is 37.8 Å². The molecule has 0 saturated carbocycles. The normalized spacial score (nSPS) is 14.4.